The van der Waals surface area contributed by atoms with E-state index in [0.717, 1.165) is 37.1 Å². The van der Waals surface area contributed by atoms with Gasteiger partial charge in [-0.1, -0.05) is 51.9 Å². The maximum absolute atomic E-state index is 13.4. The van der Waals surface area contributed by atoms with Crippen LogP contribution in [0.1, 0.15) is 68.6 Å². The molecule has 2 aromatic carbocycles. The summed E-state index contributed by atoms with van der Waals surface area (Å²) in [5, 5.41) is 0. The zero-order valence-electron chi connectivity index (χ0n) is 21.4. The summed E-state index contributed by atoms with van der Waals surface area (Å²) >= 11 is 0. The number of esters is 1. The first-order valence-corrected chi connectivity index (χ1v) is 12.5. The van der Waals surface area contributed by atoms with Crippen LogP contribution in [0.4, 0.5) is 30.7 Å². The van der Waals surface area contributed by atoms with Gasteiger partial charge in [-0.15, -0.1) is 0 Å². The lowest BCUT2D eigenvalue weighted by atomic mass is 10.1. The van der Waals surface area contributed by atoms with Crippen molar-refractivity contribution in [3.8, 4) is 17.2 Å². The average Bonchev–Trinajstić information content (AvgIpc) is 2.86. The van der Waals surface area contributed by atoms with Crippen molar-refractivity contribution in [1.29, 1.82) is 0 Å². The molecule has 0 atom stereocenters. The van der Waals surface area contributed by atoms with Gasteiger partial charge in [-0.25, -0.2) is 9.53 Å². The minimum atomic E-state index is -6.32. The van der Waals surface area contributed by atoms with Gasteiger partial charge in [-0.3, -0.25) is 0 Å². The van der Waals surface area contributed by atoms with Gasteiger partial charge in [0.15, 0.2) is 6.61 Å². The molecule has 0 unspecified atom stereocenters. The molecule has 0 amide bonds. The fraction of sp³-hybridized carbons (Fsp3) is 0.519. The van der Waals surface area contributed by atoms with E-state index in [4.69, 9.17) is 9.47 Å². The Labute approximate surface area is 222 Å². The second kappa shape index (κ2) is 14.9. The Bertz CT molecular complexity index is 993. The van der Waals surface area contributed by atoms with Gasteiger partial charge in [-0.2, -0.15) is 30.7 Å². The molecule has 0 aromatic heterocycles. The first kappa shape index (κ1) is 32.2. The second-order valence-corrected chi connectivity index (χ2v) is 8.75. The third-order valence-corrected chi connectivity index (χ3v) is 5.41. The highest BCUT2D eigenvalue weighted by Gasteiger charge is 2.64. The molecule has 0 N–H and O–H groups in total. The highest BCUT2D eigenvalue weighted by molar-refractivity contribution is 5.91. The summed E-state index contributed by atoms with van der Waals surface area (Å²) in [6.45, 7) is 0.841. The van der Waals surface area contributed by atoms with Crippen LogP contribution < -0.4 is 14.2 Å². The molecule has 5 nitrogen and oxygen atoms in total. The summed E-state index contributed by atoms with van der Waals surface area (Å²) in [4.78, 5) is 12.3. The number of rotatable bonds is 17. The molecular weight excluding hydrogens is 537 g/mol. The van der Waals surface area contributed by atoms with Crippen LogP contribution in [0.2, 0.25) is 0 Å². The Morgan fingerprint density at radius 1 is 0.667 bits per heavy atom. The maximum atomic E-state index is 13.4. The van der Waals surface area contributed by atoms with E-state index >= 15 is 0 Å². The number of benzene rings is 2. The molecule has 0 saturated heterocycles. The van der Waals surface area contributed by atoms with Crippen LogP contribution in [0, 0.1) is 0 Å². The van der Waals surface area contributed by atoms with E-state index in [9.17, 15) is 35.5 Å². The Kier molecular flexibility index (Phi) is 12.3. The first-order chi connectivity index (χ1) is 18.3. The predicted octanol–water partition coefficient (Wildman–Crippen LogP) is 8.57. The van der Waals surface area contributed by atoms with Crippen molar-refractivity contribution in [2.75, 3.05) is 13.2 Å². The zero-order valence-corrected chi connectivity index (χ0v) is 21.4. The lowest BCUT2D eigenvalue weighted by molar-refractivity contribution is -0.458. The highest BCUT2D eigenvalue weighted by atomic mass is 19.4. The number of hydrogen-bond acceptors (Lipinski definition) is 5. The normalized spacial score (nSPS) is 12.3. The lowest BCUT2D eigenvalue weighted by Crippen LogP contribution is -2.46. The van der Waals surface area contributed by atoms with E-state index in [2.05, 4.69) is 16.4 Å². The molecule has 39 heavy (non-hydrogen) atoms. The maximum Gasteiger partial charge on any atom is 0.483 e. The van der Waals surface area contributed by atoms with Crippen LogP contribution in [0.5, 0.6) is 17.2 Å². The molecule has 0 fully saturated rings. The van der Waals surface area contributed by atoms with Gasteiger partial charge >= 0.3 is 24.4 Å². The number of alkyl halides is 7. The van der Waals surface area contributed by atoms with Crippen molar-refractivity contribution in [2.45, 2.75) is 76.7 Å². The molecule has 0 radical (unpaired) electrons. The summed E-state index contributed by atoms with van der Waals surface area (Å²) < 4.78 is 106. The fourth-order valence-electron chi connectivity index (χ4n) is 3.33. The van der Waals surface area contributed by atoms with Gasteiger partial charge in [0.1, 0.15) is 17.2 Å². The quantitative estimate of drug-likeness (QED) is 0.0828. The molecule has 0 bridgehead atoms. The number of carbonyl (C=O) groups is 1. The highest BCUT2D eigenvalue weighted by Crippen LogP contribution is 2.40. The van der Waals surface area contributed by atoms with Gasteiger partial charge < -0.3 is 14.2 Å². The lowest BCUT2D eigenvalue weighted by Gasteiger charge is -2.25. The monoisotopic (exact) mass is 568 g/mol. The molecule has 0 spiro atoms. The Morgan fingerprint density at radius 2 is 1.15 bits per heavy atom. The summed E-state index contributed by atoms with van der Waals surface area (Å²) in [5.74, 6) is -0.419. The molecule has 2 aromatic rings. The van der Waals surface area contributed by atoms with Crippen molar-refractivity contribution in [1.82, 2.24) is 0 Å². The molecule has 0 saturated carbocycles. The van der Waals surface area contributed by atoms with Crippen molar-refractivity contribution in [3.05, 3.63) is 54.1 Å². The fourth-order valence-corrected chi connectivity index (χ4v) is 3.33. The van der Waals surface area contributed by atoms with Crippen molar-refractivity contribution < 1.29 is 54.5 Å². The molecule has 0 aliphatic heterocycles. The van der Waals surface area contributed by atoms with Crippen molar-refractivity contribution in [2.24, 2.45) is 0 Å². The SMILES string of the molecule is CCCCCCCCCCOc1ccc(C(=O)Oc2ccc(OCC(F)(F)OC(F)(F)C(F)(F)F)cc2)cc1. The van der Waals surface area contributed by atoms with E-state index in [0.29, 0.717) is 12.4 Å². The van der Waals surface area contributed by atoms with Gasteiger partial charge in [0.25, 0.3) is 0 Å². The van der Waals surface area contributed by atoms with Gasteiger partial charge in [0.2, 0.25) is 0 Å². The Hall–Kier alpha value is -3.02. The summed E-state index contributed by atoms with van der Waals surface area (Å²) in [7, 11) is 0. The van der Waals surface area contributed by atoms with Crippen LogP contribution in [-0.4, -0.2) is 37.6 Å². The number of hydrogen-bond donors (Lipinski definition) is 0. The molecule has 2 rings (SSSR count). The molecule has 12 heteroatoms. The molecule has 218 valence electrons. The van der Waals surface area contributed by atoms with Crippen LogP contribution >= 0.6 is 0 Å². The number of unbranched alkanes of at least 4 members (excludes halogenated alkanes) is 7. The van der Waals surface area contributed by atoms with E-state index < -0.39 is 31.0 Å². The summed E-state index contributed by atoms with van der Waals surface area (Å²) in [6, 6.07) is 10.7. The first-order valence-electron chi connectivity index (χ1n) is 12.5. The number of ether oxygens (including phenoxy) is 4. The largest absolute Gasteiger partial charge is 0.494 e. The van der Waals surface area contributed by atoms with Crippen molar-refractivity contribution >= 4 is 5.97 Å². The van der Waals surface area contributed by atoms with Crippen LogP contribution in [0.3, 0.4) is 0 Å². The zero-order chi connectivity index (χ0) is 28.9. The standard InChI is InChI=1S/C27H31F7O5/c1-2-3-4-5-6-7-8-9-18-36-21-12-10-20(11-13-21)24(35)38-23-16-14-22(15-17-23)37-19-25(28,29)39-27(33,34)26(30,31)32/h10-17H,2-9,18-19H2,1H3. The van der Waals surface area contributed by atoms with E-state index in [1.54, 1.807) is 12.1 Å². The topological polar surface area (TPSA) is 54.0 Å². The van der Waals surface area contributed by atoms with E-state index in [-0.39, 0.29) is 17.1 Å². The minimum absolute atomic E-state index is 0.00832. The van der Waals surface area contributed by atoms with E-state index in [1.165, 1.54) is 50.7 Å². The van der Waals surface area contributed by atoms with Gasteiger partial charge in [-0.05, 0) is 55.0 Å². The van der Waals surface area contributed by atoms with Crippen LogP contribution in [0.15, 0.2) is 48.5 Å². The van der Waals surface area contributed by atoms with Crippen LogP contribution in [-0.2, 0) is 4.74 Å². The predicted molar refractivity (Wildman–Crippen MR) is 128 cm³/mol. The second-order valence-electron chi connectivity index (χ2n) is 8.75. The average molecular weight is 569 g/mol. The molecular formula is C27H31F7O5. The smallest absolute Gasteiger partial charge is 0.483 e. The Morgan fingerprint density at radius 3 is 1.72 bits per heavy atom. The summed E-state index contributed by atoms with van der Waals surface area (Å²) in [5.41, 5.74) is 0.220. The number of carbonyl (C=O) groups excluding carboxylic acids is 1. The molecule has 0 aliphatic carbocycles. The van der Waals surface area contributed by atoms with Crippen molar-refractivity contribution in [3.63, 3.8) is 0 Å². The Balaban J connectivity index is 1.74. The van der Waals surface area contributed by atoms with Gasteiger partial charge in [0.05, 0.1) is 12.2 Å². The van der Waals surface area contributed by atoms with Crippen LogP contribution in [0.25, 0.3) is 0 Å². The van der Waals surface area contributed by atoms with E-state index in [1.807, 2.05) is 0 Å². The third-order valence-electron chi connectivity index (χ3n) is 5.41. The van der Waals surface area contributed by atoms with Gasteiger partial charge in [0, 0.05) is 0 Å². The molecule has 0 heterocycles. The molecule has 0 aliphatic rings. The minimum Gasteiger partial charge on any atom is -0.494 e. The summed E-state index contributed by atoms with van der Waals surface area (Å²) in [6.07, 6.45) is -7.85. The number of halogens is 7. The third kappa shape index (κ3) is 11.7.